The number of fused-ring (bicyclic) bond motifs is 1. The third-order valence-corrected chi connectivity index (χ3v) is 13.8. The van der Waals surface area contributed by atoms with Gasteiger partial charge in [0.25, 0.3) is 5.91 Å². The zero-order valence-corrected chi connectivity index (χ0v) is 41.6. The fraction of sp³-hybridized carbons (Fsp3) is 0.708. The molecule has 1 saturated heterocycles. The second-order valence-electron chi connectivity index (χ2n) is 18.2. The maximum Gasteiger partial charge on any atom is 0.426 e. The van der Waals surface area contributed by atoms with E-state index >= 15 is 0 Å². The first-order valence-electron chi connectivity index (χ1n) is 24.2. The van der Waals surface area contributed by atoms with Crippen LogP contribution in [-0.4, -0.2) is 147 Å². The van der Waals surface area contributed by atoms with Gasteiger partial charge in [-0.25, -0.2) is 15.2 Å². The summed E-state index contributed by atoms with van der Waals surface area (Å²) in [6, 6.07) is 3.96. The molecule has 0 saturated carbocycles. The molecule has 1 aliphatic heterocycles. The van der Waals surface area contributed by atoms with Gasteiger partial charge in [0.15, 0.2) is 0 Å². The molecular formula is C48H78N8O10S. The molecule has 0 bridgehead atoms. The van der Waals surface area contributed by atoms with Crippen LogP contribution >= 0.6 is 11.3 Å². The molecule has 2 aromatic rings. The van der Waals surface area contributed by atoms with Crippen LogP contribution in [0.25, 0.3) is 0 Å². The van der Waals surface area contributed by atoms with Gasteiger partial charge in [0.1, 0.15) is 41.0 Å². The van der Waals surface area contributed by atoms with Crippen LogP contribution < -0.4 is 27.2 Å². The number of aromatic hydroxyl groups is 1. The standard InChI is InChI=1S/C48H78N8O10S/c1-8-17-56(30-48(31-57,33(6)10-3)52-45(61)40-13-11-12-18-55(40)7)41(32(4)5)28-42(65-19-9-2)46-51-39(29-67-46)44(60)50-35-25-34-14-15-36(58)27-37(34)38(26-35)43(59)53-54-47(62)66-24-23-64-22-21-63-20-16-49/h14-15,27,29,31-33,35,38,40-42,58H,8-13,16-26,28,30,49H2,1-7H3,(H,50,60)(H,52,61)(H,53,59)(H,54,62)/t33-,35-,38+,40+,41+,42+,48-/m0/s1. The summed E-state index contributed by atoms with van der Waals surface area (Å²) in [7, 11) is 1.98. The minimum absolute atomic E-state index is 0.0137. The summed E-state index contributed by atoms with van der Waals surface area (Å²) in [6.45, 7) is 16.5. The average Bonchev–Trinajstić information content (AvgIpc) is 3.81. The van der Waals surface area contributed by atoms with Crippen molar-refractivity contribution in [3.05, 3.63) is 45.4 Å². The summed E-state index contributed by atoms with van der Waals surface area (Å²) in [6.07, 6.45) is 5.86. The number of carbonyl (C=O) groups is 5. The Morgan fingerprint density at radius 1 is 1.01 bits per heavy atom. The Hall–Kier alpha value is -4.24. The molecule has 0 unspecified atom stereocenters. The molecule has 67 heavy (non-hydrogen) atoms. The molecule has 2 heterocycles. The number of likely N-dealkylation sites (N-methyl/N-ethyl adjacent to an activating group) is 1. The van der Waals surface area contributed by atoms with Gasteiger partial charge in [0, 0.05) is 37.2 Å². The maximum absolute atomic E-state index is 13.9. The van der Waals surface area contributed by atoms with E-state index in [2.05, 4.69) is 52.1 Å². The average molecular weight is 959 g/mol. The van der Waals surface area contributed by atoms with E-state index in [4.69, 9.17) is 29.7 Å². The molecule has 1 fully saturated rings. The number of nitrogens with two attached hydrogens (primary N) is 1. The number of thiazole rings is 1. The van der Waals surface area contributed by atoms with Crippen molar-refractivity contribution in [2.45, 2.75) is 135 Å². The van der Waals surface area contributed by atoms with E-state index in [0.29, 0.717) is 75.9 Å². The number of ether oxygens (including phenoxy) is 4. The van der Waals surface area contributed by atoms with Crippen LogP contribution in [0.5, 0.6) is 5.75 Å². The van der Waals surface area contributed by atoms with Gasteiger partial charge in [-0.3, -0.25) is 29.6 Å². The predicted octanol–water partition coefficient (Wildman–Crippen LogP) is 4.61. The molecule has 7 N–H and O–H groups in total. The van der Waals surface area contributed by atoms with E-state index in [-0.39, 0.29) is 60.9 Å². The second kappa shape index (κ2) is 28.3. The molecule has 4 rings (SSSR count). The molecule has 1 aromatic heterocycles. The number of rotatable bonds is 28. The number of hydrogen-bond donors (Lipinski definition) is 6. The molecule has 2 aliphatic rings. The zero-order valence-electron chi connectivity index (χ0n) is 40.8. The predicted molar refractivity (Wildman–Crippen MR) is 257 cm³/mol. The number of amides is 4. The number of phenolic OH excluding ortho intramolecular Hbond substituents is 1. The summed E-state index contributed by atoms with van der Waals surface area (Å²) in [5.41, 5.74) is 10.5. The second-order valence-corrected chi connectivity index (χ2v) is 19.1. The number of nitrogens with one attached hydrogen (secondary N) is 4. The van der Waals surface area contributed by atoms with E-state index < -0.39 is 41.5 Å². The van der Waals surface area contributed by atoms with Crippen LogP contribution in [0.4, 0.5) is 4.79 Å². The van der Waals surface area contributed by atoms with Crippen molar-refractivity contribution in [2.75, 3.05) is 72.9 Å². The number of phenols is 1. The summed E-state index contributed by atoms with van der Waals surface area (Å²) in [4.78, 5) is 76.3. The van der Waals surface area contributed by atoms with Crippen molar-refractivity contribution >= 4 is 41.4 Å². The monoisotopic (exact) mass is 959 g/mol. The van der Waals surface area contributed by atoms with Crippen LogP contribution in [0.3, 0.4) is 0 Å². The van der Waals surface area contributed by atoms with Crippen molar-refractivity contribution in [3.8, 4) is 5.75 Å². The third kappa shape index (κ3) is 16.5. The van der Waals surface area contributed by atoms with Crippen molar-refractivity contribution in [2.24, 2.45) is 17.6 Å². The van der Waals surface area contributed by atoms with Gasteiger partial charge in [0.2, 0.25) is 11.8 Å². The Kier molecular flexibility index (Phi) is 23.4. The Labute approximate surface area is 401 Å². The summed E-state index contributed by atoms with van der Waals surface area (Å²) < 4.78 is 22.2. The molecule has 4 amide bonds. The van der Waals surface area contributed by atoms with Crippen LogP contribution in [0.15, 0.2) is 23.6 Å². The van der Waals surface area contributed by atoms with Gasteiger partial charge in [-0.2, -0.15) is 0 Å². The first kappa shape index (κ1) is 55.4. The number of nitrogens with zero attached hydrogens (tertiary/aromatic N) is 3. The highest BCUT2D eigenvalue weighted by Crippen LogP contribution is 2.36. The lowest BCUT2D eigenvalue weighted by Gasteiger charge is -2.45. The van der Waals surface area contributed by atoms with E-state index in [1.54, 1.807) is 11.4 Å². The number of hydrogen-bond acceptors (Lipinski definition) is 15. The first-order chi connectivity index (χ1) is 32.2. The fourth-order valence-corrected chi connectivity index (χ4v) is 9.84. The molecule has 7 atom stereocenters. The molecule has 0 radical (unpaired) electrons. The van der Waals surface area contributed by atoms with Gasteiger partial charge in [-0.05, 0) is 100 Å². The third-order valence-electron chi connectivity index (χ3n) is 12.9. The number of benzene rings is 1. The Bertz CT molecular complexity index is 1870. The van der Waals surface area contributed by atoms with Crippen molar-refractivity contribution in [3.63, 3.8) is 0 Å². The smallest absolute Gasteiger partial charge is 0.426 e. The van der Waals surface area contributed by atoms with E-state index in [9.17, 15) is 29.1 Å². The van der Waals surface area contributed by atoms with Gasteiger partial charge in [-0.1, -0.05) is 60.5 Å². The van der Waals surface area contributed by atoms with Crippen molar-refractivity contribution in [1.82, 2.24) is 36.3 Å². The summed E-state index contributed by atoms with van der Waals surface area (Å²) >= 11 is 1.35. The van der Waals surface area contributed by atoms with Crippen molar-refractivity contribution < 1.29 is 48.0 Å². The molecule has 19 heteroatoms. The fourth-order valence-electron chi connectivity index (χ4n) is 8.98. The van der Waals surface area contributed by atoms with Crippen LogP contribution in [0.1, 0.15) is 132 Å². The Morgan fingerprint density at radius 2 is 1.76 bits per heavy atom. The van der Waals surface area contributed by atoms with Crippen molar-refractivity contribution in [1.29, 1.82) is 0 Å². The highest BCUT2D eigenvalue weighted by atomic mass is 32.1. The molecule has 1 aromatic carbocycles. The number of aldehydes is 1. The van der Waals surface area contributed by atoms with Crippen LogP contribution in [0.2, 0.25) is 0 Å². The maximum atomic E-state index is 13.9. The first-order valence-corrected chi connectivity index (χ1v) is 25.1. The number of aromatic nitrogens is 1. The van der Waals surface area contributed by atoms with E-state index in [1.807, 2.05) is 27.8 Å². The lowest BCUT2D eigenvalue weighted by atomic mass is 9.79. The summed E-state index contributed by atoms with van der Waals surface area (Å²) in [5.74, 6) is -1.87. The van der Waals surface area contributed by atoms with E-state index in [1.165, 1.54) is 23.5 Å². The lowest BCUT2D eigenvalue weighted by Crippen LogP contribution is -2.65. The Balaban J connectivity index is 1.46. The topological polar surface area (TPSA) is 236 Å². The highest BCUT2D eigenvalue weighted by molar-refractivity contribution is 7.09. The highest BCUT2D eigenvalue weighted by Gasteiger charge is 2.43. The van der Waals surface area contributed by atoms with Crippen LogP contribution in [0, 0.1) is 11.8 Å². The SMILES string of the molecule is CCCO[C@H](C[C@H](C(C)C)N(CCC)C[C@@](C=O)(NC(=O)[C@H]1CCCCN1C)[C@@H](C)CC)c1nc(C(=O)N[C@H]2Cc3ccc(O)cc3[C@H](C(=O)NNC(=O)OCCOCCOCCN)C2)cs1. The lowest BCUT2D eigenvalue weighted by molar-refractivity contribution is -0.134. The van der Waals surface area contributed by atoms with Gasteiger partial charge in [-0.15, -0.1) is 11.3 Å². The zero-order chi connectivity index (χ0) is 48.9. The number of hydrazine groups is 1. The number of likely N-dealkylation sites (tertiary alicyclic amines) is 1. The Morgan fingerprint density at radius 3 is 2.43 bits per heavy atom. The van der Waals surface area contributed by atoms with Gasteiger partial charge < -0.3 is 45.2 Å². The quantitative estimate of drug-likeness (QED) is 0.0389. The molecule has 1 aliphatic carbocycles. The number of piperidine rings is 1. The largest absolute Gasteiger partial charge is 0.508 e. The minimum Gasteiger partial charge on any atom is -0.508 e. The van der Waals surface area contributed by atoms with Crippen LogP contribution in [-0.2, 0) is 39.8 Å². The molecule has 376 valence electrons. The normalized spacial score (nSPS) is 19.7. The van der Waals surface area contributed by atoms with E-state index in [0.717, 1.165) is 50.5 Å². The minimum atomic E-state index is -1.10. The molecule has 0 spiro atoms. The van der Waals surface area contributed by atoms with Gasteiger partial charge in [0.05, 0.1) is 38.4 Å². The molecular weight excluding hydrogens is 881 g/mol. The van der Waals surface area contributed by atoms with Gasteiger partial charge >= 0.3 is 6.09 Å². The summed E-state index contributed by atoms with van der Waals surface area (Å²) in [5, 5.41) is 19.1. The number of carbonyl (C=O) groups excluding carboxylic acids is 5. The molecule has 18 nitrogen and oxygen atoms in total.